The molecular formula is C14H21N. The largest absolute Gasteiger partial charge is 0.309 e. The highest BCUT2D eigenvalue weighted by atomic mass is 14.9. The van der Waals surface area contributed by atoms with Crippen LogP contribution in [0.15, 0.2) is 18.2 Å². The first-order chi connectivity index (χ1) is 7.22. The van der Waals surface area contributed by atoms with Gasteiger partial charge in [-0.05, 0) is 42.0 Å². The minimum absolute atomic E-state index is 0.556. The predicted octanol–water partition coefficient (Wildman–Crippen LogP) is 3.09. The number of benzene rings is 1. The van der Waals surface area contributed by atoms with Crippen molar-refractivity contribution in [3.63, 3.8) is 0 Å². The lowest BCUT2D eigenvalue weighted by Gasteiger charge is -2.30. The summed E-state index contributed by atoms with van der Waals surface area (Å²) in [7, 11) is 0. The molecule has 0 radical (unpaired) electrons. The van der Waals surface area contributed by atoms with Gasteiger partial charge in [-0.25, -0.2) is 0 Å². The standard InChI is InChI=1S/C14H21N/c1-4-11-5-6-12-7-8-15-14(10(2)3)13(12)9-11/h5-6,9-10,14-15H,4,7-8H2,1-3H3. The van der Waals surface area contributed by atoms with Crippen LogP contribution in [0.3, 0.4) is 0 Å². The van der Waals surface area contributed by atoms with Crippen LogP contribution in [0.2, 0.25) is 0 Å². The van der Waals surface area contributed by atoms with Gasteiger partial charge in [-0.1, -0.05) is 39.0 Å². The van der Waals surface area contributed by atoms with Gasteiger partial charge in [0.1, 0.15) is 0 Å². The molecule has 0 amide bonds. The van der Waals surface area contributed by atoms with E-state index < -0.39 is 0 Å². The van der Waals surface area contributed by atoms with Crippen molar-refractivity contribution in [2.24, 2.45) is 5.92 Å². The van der Waals surface area contributed by atoms with Crippen LogP contribution in [-0.2, 0) is 12.8 Å². The van der Waals surface area contributed by atoms with Gasteiger partial charge in [0.05, 0.1) is 0 Å². The molecule has 0 bridgehead atoms. The molecule has 0 aromatic heterocycles. The minimum Gasteiger partial charge on any atom is -0.309 e. The first-order valence-corrected chi connectivity index (χ1v) is 6.07. The molecule has 1 heteroatoms. The van der Waals surface area contributed by atoms with E-state index in [-0.39, 0.29) is 0 Å². The number of hydrogen-bond donors (Lipinski definition) is 1. The van der Waals surface area contributed by atoms with Crippen LogP contribution in [0.4, 0.5) is 0 Å². The number of nitrogens with one attached hydrogen (secondary N) is 1. The van der Waals surface area contributed by atoms with Gasteiger partial charge < -0.3 is 5.32 Å². The number of hydrogen-bond acceptors (Lipinski definition) is 1. The summed E-state index contributed by atoms with van der Waals surface area (Å²) in [5, 5.41) is 3.63. The van der Waals surface area contributed by atoms with E-state index in [1.807, 2.05) is 0 Å². The fourth-order valence-corrected chi connectivity index (χ4v) is 2.45. The molecule has 0 spiro atoms. The van der Waals surface area contributed by atoms with E-state index in [0.29, 0.717) is 12.0 Å². The van der Waals surface area contributed by atoms with Crippen molar-refractivity contribution in [2.75, 3.05) is 6.54 Å². The van der Waals surface area contributed by atoms with Crippen molar-refractivity contribution < 1.29 is 0 Å². The van der Waals surface area contributed by atoms with Gasteiger partial charge in [0.15, 0.2) is 0 Å². The quantitative estimate of drug-likeness (QED) is 0.779. The normalized spacial score (nSPS) is 20.4. The summed E-state index contributed by atoms with van der Waals surface area (Å²) in [6, 6.07) is 7.55. The maximum Gasteiger partial charge on any atom is 0.0346 e. The van der Waals surface area contributed by atoms with Crippen LogP contribution in [-0.4, -0.2) is 6.54 Å². The SMILES string of the molecule is CCc1ccc2c(c1)C(C(C)C)NCC2. The van der Waals surface area contributed by atoms with Gasteiger partial charge in [0.2, 0.25) is 0 Å². The number of fused-ring (bicyclic) bond motifs is 1. The molecule has 1 unspecified atom stereocenters. The number of rotatable bonds is 2. The zero-order valence-electron chi connectivity index (χ0n) is 10.0. The third kappa shape index (κ3) is 2.07. The van der Waals surface area contributed by atoms with Gasteiger partial charge in [-0.2, -0.15) is 0 Å². The van der Waals surface area contributed by atoms with Crippen LogP contribution < -0.4 is 5.32 Å². The molecule has 0 saturated carbocycles. The molecule has 1 N–H and O–H groups in total. The summed E-state index contributed by atoms with van der Waals surface area (Å²) >= 11 is 0. The third-order valence-corrected chi connectivity index (χ3v) is 3.38. The number of aryl methyl sites for hydroxylation is 1. The van der Waals surface area contributed by atoms with E-state index in [9.17, 15) is 0 Å². The molecule has 0 fully saturated rings. The van der Waals surface area contributed by atoms with Crippen molar-refractivity contribution in [3.8, 4) is 0 Å². The fraction of sp³-hybridized carbons (Fsp3) is 0.571. The summed E-state index contributed by atoms with van der Waals surface area (Å²) in [6.07, 6.45) is 2.32. The van der Waals surface area contributed by atoms with Crippen LogP contribution >= 0.6 is 0 Å². The predicted molar refractivity (Wildman–Crippen MR) is 65.1 cm³/mol. The van der Waals surface area contributed by atoms with E-state index in [4.69, 9.17) is 0 Å². The van der Waals surface area contributed by atoms with Gasteiger partial charge >= 0.3 is 0 Å². The monoisotopic (exact) mass is 203 g/mol. The minimum atomic E-state index is 0.556. The van der Waals surface area contributed by atoms with E-state index >= 15 is 0 Å². The summed E-state index contributed by atoms with van der Waals surface area (Å²) < 4.78 is 0. The lowest BCUT2D eigenvalue weighted by Crippen LogP contribution is -2.33. The molecule has 1 atom stereocenters. The van der Waals surface area contributed by atoms with Crippen molar-refractivity contribution in [2.45, 2.75) is 39.7 Å². The Hall–Kier alpha value is -0.820. The Morgan fingerprint density at radius 2 is 2.20 bits per heavy atom. The molecule has 1 aliphatic heterocycles. The third-order valence-electron chi connectivity index (χ3n) is 3.38. The Labute approximate surface area is 92.9 Å². The molecule has 1 heterocycles. The van der Waals surface area contributed by atoms with E-state index in [1.54, 1.807) is 5.56 Å². The summed E-state index contributed by atoms with van der Waals surface area (Å²) in [5.41, 5.74) is 4.54. The molecule has 2 rings (SSSR count). The molecule has 1 aromatic carbocycles. The second-order valence-electron chi connectivity index (χ2n) is 4.81. The van der Waals surface area contributed by atoms with Crippen LogP contribution in [0.1, 0.15) is 43.5 Å². The van der Waals surface area contributed by atoms with Crippen LogP contribution in [0, 0.1) is 5.92 Å². The highest BCUT2D eigenvalue weighted by molar-refractivity contribution is 5.36. The zero-order chi connectivity index (χ0) is 10.8. The van der Waals surface area contributed by atoms with Crippen LogP contribution in [0.25, 0.3) is 0 Å². The van der Waals surface area contributed by atoms with Crippen molar-refractivity contribution in [1.29, 1.82) is 0 Å². The highest BCUT2D eigenvalue weighted by Crippen LogP contribution is 2.29. The lowest BCUT2D eigenvalue weighted by atomic mass is 9.86. The molecule has 82 valence electrons. The van der Waals surface area contributed by atoms with Crippen molar-refractivity contribution in [1.82, 2.24) is 5.32 Å². The topological polar surface area (TPSA) is 12.0 Å². The maximum atomic E-state index is 3.63. The first kappa shape index (κ1) is 10.7. The average Bonchev–Trinajstić information content (AvgIpc) is 2.27. The van der Waals surface area contributed by atoms with Crippen molar-refractivity contribution in [3.05, 3.63) is 34.9 Å². The smallest absolute Gasteiger partial charge is 0.0346 e. The second-order valence-corrected chi connectivity index (χ2v) is 4.81. The zero-order valence-corrected chi connectivity index (χ0v) is 10.0. The van der Waals surface area contributed by atoms with Gasteiger partial charge in [0, 0.05) is 6.04 Å². The lowest BCUT2D eigenvalue weighted by molar-refractivity contribution is 0.395. The van der Waals surface area contributed by atoms with Crippen molar-refractivity contribution >= 4 is 0 Å². The first-order valence-electron chi connectivity index (χ1n) is 6.07. The Kier molecular flexibility index (Phi) is 3.11. The van der Waals surface area contributed by atoms with E-state index in [2.05, 4.69) is 44.3 Å². The molecule has 0 saturated heterocycles. The molecular weight excluding hydrogens is 182 g/mol. The van der Waals surface area contributed by atoms with Crippen LogP contribution in [0.5, 0.6) is 0 Å². The average molecular weight is 203 g/mol. The molecule has 15 heavy (non-hydrogen) atoms. The fourth-order valence-electron chi connectivity index (χ4n) is 2.45. The van der Waals surface area contributed by atoms with Gasteiger partial charge in [-0.3, -0.25) is 0 Å². The Morgan fingerprint density at radius 1 is 1.40 bits per heavy atom. The van der Waals surface area contributed by atoms with E-state index in [1.165, 1.54) is 17.5 Å². The molecule has 1 nitrogen and oxygen atoms in total. The Morgan fingerprint density at radius 3 is 2.87 bits per heavy atom. The molecule has 1 aromatic rings. The molecule has 1 aliphatic rings. The Bertz CT molecular complexity index is 341. The summed E-state index contributed by atoms with van der Waals surface area (Å²) in [6.45, 7) is 7.94. The van der Waals surface area contributed by atoms with E-state index in [0.717, 1.165) is 13.0 Å². The highest BCUT2D eigenvalue weighted by Gasteiger charge is 2.22. The maximum absolute atomic E-state index is 3.63. The second kappa shape index (κ2) is 4.36. The summed E-state index contributed by atoms with van der Waals surface area (Å²) in [4.78, 5) is 0. The summed E-state index contributed by atoms with van der Waals surface area (Å²) in [5.74, 6) is 0.677. The van der Waals surface area contributed by atoms with Gasteiger partial charge in [-0.15, -0.1) is 0 Å². The van der Waals surface area contributed by atoms with Gasteiger partial charge in [0.25, 0.3) is 0 Å². The Balaban J connectivity index is 2.39. The molecule has 0 aliphatic carbocycles.